The third-order valence-electron chi connectivity index (χ3n) is 2.37. The van der Waals surface area contributed by atoms with Gasteiger partial charge >= 0.3 is 0 Å². The predicted octanol–water partition coefficient (Wildman–Crippen LogP) is 2.70. The van der Waals surface area contributed by atoms with Gasteiger partial charge in [0.1, 0.15) is 22.4 Å². The first-order valence-corrected chi connectivity index (χ1v) is 5.93. The highest BCUT2D eigenvalue weighted by Gasteiger charge is 2.10. The maximum atomic E-state index is 12.0. The highest BCUT2D eigenvalue weighted by atomic mass is 35.5. The molecule has 0 spiro atoms. The van der Waals surface area contributed by atoms with Gasteiger partial charge in [0.05, 0.1) is 7.11 Å². The van der Waals surface area contributed by atoms with Crippen LogP contribution < -0.4 is 10.1 Å². The lowest BCUT2D eigenvalue weighted by atomic mass is 10.3. The summed E-state index contributed by atoms with van der Waals surface area (Å²) in [5, 5.41) is 2.96. The number of carbonyl (C=O) groups is 1. The van der Waals surface area contributed by atoms with Gasteiger partial charge in [0.2, 0.25) is 0 Å². The van der Waals surface area contributed by atoms with Crippen molar-refractivity contribution in [1.82, 2.24) is 9.97 Å². The van der Waals surface area contributed by atoms with Crippen LogP contribution in [-0.2, 0) is 0 Å². The number of aromatic nitrogens is 2. The number of methoxy groups -OCH3 is 1. The van der Waals surface area contributed by atoms with Gasteiger partial charge in [-0.25, -0.2) is 9.97 Å². The number of amides is 1. The molecule has 0 aliphatic rings. The molecule has 1 aromatic heterocycles. The van der Waals surface area contributed by atoms with Crippen molar-refractivity contribution in [2.24, 2.45) is 0 Å². The topological polar surface area (TPSA) is 64.1 Å². The van der Waals surface area contributed by atoms with E-state index in [0.29, 0.717) is 17.3 Å². The predicted molar refractivity (Wildman–Crippen MR) is 72.7 cm³/mol. The fraction of sp³-hybridized carbons (Fsp3) is 0.154. The molecule has 2 rings (SSSR count). The Hall–Kier alpha value is -2.14. The first-order valence-electron chi connectivity index (χ1n) is 5.55. The van der Waals surface area contributed by atoms with Crippen LogP contribution in [0.5, 0.6) is 5.75 Å². The number of nitrogens with one attached hydrogen (secondary N) is 1. The molecule has 0 fully saturated rings. The van der Waals surface area contributed by atoms with E-state index in [9.17, 15) is 4.79 Å². The van der Waals surface area contributed by atoms with Gasteiger partial charge in [-0.2, -0.15) is 0 Å². The van der Waals surface area contributed by atoms with E-state index in [2.05, 4.69) is 15.3 Å². The number of carbonyl (C=O) groups excluding carboxylic acids is 1. The molecule has 98 valence electrons. The van der Waals surface area contributed by atoms with Crippen LogP contribution in [0.3, 0.4) is 0 Å². The molecule has 2 aromatic rings. The quantitative estimate of drug-likeness (QED) is 0.876. The monoisotopic (exact) mass is 277 g/mol. The number of benzene rings is 1. The van der Waals surface area contributed by atoms with Crippen molar-refractivity contribution in [3.63, 3.8) is 0 Å². The number of aryl methyl sites for hydroxylation is 1. The summed E-state index contributed by atoms with van der Waals surface area (Å²) in [5.41, 5.74) is 0.844. The molecule has 6 heteroatoms. The van der Waals surface area contributed by atoms with Crippen molar-refractivity contribution in [3.05, 3.63) is 47.0 Å². The van der Waals surface area contributed by atoms with Crippen molar-refractivity contribution in [3.8, 4) is 5.75 Å². The van der Waals surface area contributed by atoms with Gasteiger partial charge in [0.15, 0.2) is 0 Å². The van der Waals surface area contributed by atoms with Crippen LogP contribution in [0.25, 0.3) is 0 Å². The van der Waals surface area contributed by atoms with Crippen LogP contribution >= 0.6 is 11.6 Å². The van der Waals surface area contributed by atoms with Gasteiger partial charge < -0.3 is 10.1 Å². The minimum Gasteiger partial charge on any atom is -0.497 e. The number of anilines is 1. The van der Waals surface area contributed by atoms with E-state index in [1.54, 1.807) is 38.3 Å². The molecule has 0 aliphatic carbocycles. The average molecular weight is 278 g/mol. The first kappa shape index (κ1) is 13.3. The number of rotatable bonds is 3. The summed E-state index contributed by atoms with van der Waals surface area (Å²) < 4.78 is 5.08. The Balaban J connectivity index is 2.20. The molecular formula is C13H12ClN3O2. The lowest BCUT2D eigenvalue weighted by molar-refractivity contribution is 0.102. The third kappa shape index (κ3) is 3.42. The van der Waals surface area contributed by atoms with E-state index in [0.717, 1.165) is 0 Å². The molecule has 0 unspecified atom stereocenters. The largest absolute Gasteiger partial charge is 0.497 e. The molecule has 0 atom stereocenters. The smallest absolute Gasteiger partial charge is 0.274 e. The van der Waals surface area contributed by atoms with E-state index in [4.69, 9.17) is 16.3 Å². The Morgan fingerprint density at radius 2 is 2.11 bits per heavy atom. The number of hydrogen-bond acceptors (Lipinski definition) is 4. The van der Waals surface area contributed by atoms with Crippen LogP contribution in [-0.4, -0.2) is 23.0 Å². The summed E-state index contributed by atoms with van der Waals surface area (Å²) in [7, 11) is 1.56. The maximum Gasteiger partial charge on any atom is 0.274 e. The fourth-order valence-corrected chi connectivity index (χ4v) is 1.77. The van der Waals surface area contributed by atoms with E-state index in [-0.39, 0.29) is 16.8 Å². The second kappa shape index (κ2) is 5.67. The summed E-state index contributed by atoms with van der Waals surface area (Å²) in [6, 6.07) is 8.47. The molecule has 0 saturated carbocycles. The molecule has 0 saturated heterocycles. The Labute approximate surface area is 115 Å². The van der Waals surface area contributed by atoms with Crippen molar-refractivity contribution in [2.45, 2.75) is 6.92 Å². The maximum absolute atomic E-state index is 12.0. The van der Waals surface area contributed by atoms with Crippen molar-refractivity contribution in [2.75, 3.05) is 12.4 Å². The average Bonchev–Trinajstić information content (AvgIpc) is 2.37. The zero-order valence-corrected chi connectivity index (χ0v) is 11.2. The fourth-order valence-electron chi connectivity index (χ4n) is 1.54. The van der Waals surface area contributed by atoms with Crippen molar-refractivity contribution < 1.29 is 9.53 Å². The van der Waals surface area contributed by atoms with E-state index in [1.165, 1.54) is 6.07 Å². The molecule has 0 bridgehead atoms. The number of hydrogen-bond donors (Lipinski definition) is 1. The Morgan fingerprint density at radius 1 is 1.32 bits per heavy atom. The second-order valence-corrected chi connectivity index (χ2v) is 4.20. The summed E-state index contributed by atoms with van der Waals surface area (Å²) >= 11 is 5.79. The molecule has 1 N–H and O–H groups in total. The van der Waals surface area contributed by atoms with E-state index in [1.807, 2.05) is 0 Å². The number of halogens is 1. The van der Waals surface area contributed by atoms with E-state index >= 15 is 0 Å². The Bertz CT molecular complexity index is 596. The van der Waals surface area contributed by atoms with Gasteiger partial charge in [0, 0.05) is 17.8 Å². The first-order chi connectivity index (χ1) is 9.08. The highest BCUT2D eigenvalue weighted by molar-refractivity contribution is 6.29. The lowest BCUT2D eigenvalue weighted by Crippen LogP contribution is -2.14. The second-order valence-electron chi connectivity index (χ2n) is 3.81. The summed E-state index contributed by atoms with van der Waals surface area (Å²) in [4.78, 5) is 20.0. The summed E-state index contributed by atoms with van der Waals surface area (Å²) in [6.45, 7) is 1.67. The highest BCUT2D eigenvalue weighted by Crippen LogP contribution is 2.17. The van der Waals surface area contributed by atoms with Gasteiger partial charge in [-0.05, 0) is 19.1 Å². The number of nitrogens with zero attached hydrogens (tertiary/aromatic N) is 2. The molecule has 0 aliphatic heterocycles. The zero-order valence-electron chi connectivity index (χ0n) is 10.5. The third-order valence-corrected chi connectivity index (χ3v) is 2.56. The molecule has 1 heterocycles. The summed E-state index contributed by atoms with van der Waals surface area (Å²) in [6.07, 6.45) is 0. The standard InChI is InChI=1S/C13H12ClN3O2/c1-8-15-11(7-12(14)16-8)13(18)17-9-4-3-5-10(6-9)19-2/h3-7H,1-2H3,(H,17,18). The van der Waals surface area contributed by atoms with Crippen molar-refractivity contribution in [1.29, 1.82) is 0 Å². The molecular weight excluding hydrogens is 266 g/mol. The zero-order chi connectivity index (χ0) is 13.8. The van der Waals surface area contributed by atoms with Crippen LogP contribution in [0, 0.1) is 6.92 Å². The normalized spacial score (nSPS) is 10.1. The molecule has 5 nitrogen and oxygen atoms in total. The van der Waals surface area contributed by atoms with Gasteiger partial charge in [-0.3, -0.25) is 4.79 Å². The molecule has 19 heavy (non-hydrogen) atoms. The number of ether oxygens (including phenoxy) is 1. The summed E-state index contributed by atoms with van der Waals surface area (Å²) in [5.74, 6) is 0.763. The Morgan fingerprint density at radius 3 is 2.79 bits per heavy atom. The van der Waals surface area contributed by atoms with E-state index < -0.39 is 0 Å². The van der Waals surface area contributed by atoms with Gasteiger partial charge in [-0.15, -0.1) is 0 Å². The minimum atomic E-state index is -0.347. The van der Waals surface area contributed by atoms with Crippen LogP contribution in [0.4, 0.5) is 5.69 Å². The minimum absolute atomic E-state index is 0.223. The Kier molecular flexibility index (Phi) is 3.97. The molecule has 0 radical (unpaired) electrons. The van der Waals surface area contributed by atoms with Gasteiger partial charge in [-0.1, -0.05) is 17.7 Å². The lowest BCUT2D eigenvalue weighted by Gasteiger charge is -2.07. The molecule has 1 amide bonds. The SMILES string of the molecule is COc1cccc(NC(=O)c2cc(Cl)nc(C)n2)c1. The van der Waals surface area contributed by atoms with Crippen LogP contribution in [0.1, 0.15) is 16.3 Å². The van der Waals surface area contributed by atoms with Crippen molar-refractivity contribution >= 4 is 23.2 Å². The van der Waals surface area contributed by atoms with Gasteiger partial charge in [0.25, 0.3) is 5.91 Å². The molecule has 1 aromatic carbocycles. The van der Waals surface area contributed by atoms with Crippen LogP contribution in [0.2, 0.25) is 5.15 Å². The van der Waals surface area contributed by atoms with Crippen LogP contribution in [0.15, 0.2) is 30.3 Å².